The molecular weight excluding hydrogens is 525 g/mol. The molecule has 3 aromatic rings. The van der Waals surface area contributed by atoms with Gasteiger partial charge in [-0.3, -0.25) is 13.9 Å². The van der Waals surface area contributed by atoms with Crippen LogP contribution in [0.2, 0.25) is 0 Å². The Morgan fingerprint density at radius 3 is 2.23 bits per heavy atom. The lowest BCUT2D eigenvalue weighted by atomic mass is 10.1. The Labute approximate surface area is 228 Å². The SMILES string of the molecule is CNC(=O)C(C)N(Cc1cccc(C)c1)C(=O)CN(c1ccc(F)cc1)S(=O)(=O)c1ccc(OC)c(OC)c1. The highest BCUT2D eigenvalue weighted by molar-refractivity contribution is 7.92. The second-order valence-electron chi connectivity index (χ2n) is 8.81. The number of carbonyl (C=O) groups excluding carboxylic acids is 2. The molecule has 208 valence electrons. The van der Waals surface area contributed by atoms with Crippen LogP contribution in [0.1, 0.15) is 18.1 Å². The lowest BCUT2D eigenvalue weighted by molar-refractivity contribution is -0.139. The molecule has 0 heterocycles. The molecule has 0 bridgehead atoms. The zero-order valence-corrected chi connectivity index (χ0v) is 23.3. The summed E-state index contributed by atoms with van der Waals surface area (Å²) in [6.07, 6.45) is 0. The lowest BCUT2D eigenvalue weighted by Crippen LogP contribution is -2.50. The molecule has 0 aliphatic heterocycles. The number of ether oxygens (including phenoxy) is 2. The van der Waals surface area contributed by atoms with Crippen LogP contribution in [-0.4, -0.2) is 59.0 Å². The maximum absolute atomic E-state index is 13.9. The highest BCUT2D eigenvalue weighted by atomic mass is 32.2. The van der Waals surface area contributed by atoms with E-state index in [0.29, 0.717) is 5.75 Å². The number of benzene rings is 3. The molecule has 0 fully saturated rings. The zero-order chi connectivity index (χ0) is 28.7. The van der Waals surface area contributed by atoms with Crippen molar-refractivity contribution in [1.29, 1.82) is 0 Å². The third-order valence-corrected chi connectivity index (χ3v) is 7.96. The molecular formula is C28H32FN3O6S. The quantitative estimate of drug-likeness (QED) is 0.387. The van der Waals surface area contributed by atoms with E-state index in [1.165, 1.54) is 56.5 Å². The van der Waals surface area contributed by atoms with Gasteiger partial charge in [0.2, 0.25) is 11.8 Å². The highest BCUT2D eigenvalue weighted by Crippen LogP contribution is 2.32. The first-order valence-electron chi connectivity index (χ1n) is 12.1. The first-order valence-corrected chi connectivity index (χ1v) is 13.5. The summed E-state index contributed by atoms with van der Waals surface area (Å²) in [5, 5.41) is 2.54. The molecule has 1 unspecified atom stereocenters. The number of amides is 2. The number of rotatable bonds is 11. The summed E-state index contributed by atoms with van der Waals surface area (Å²) in [7, 11) is -0.102. The second kappa shape index (κ2) is 12.6. The Balaban J connectivity index is 2.07. The van der Waals surface area contributed by atoms with Crippen molar-refractivity contribution in [2.45, 2.75) is 31.3 Å². The van der Waals surface area contributed by atoms with Gasteiger partial charge in [0.15, 0.2) is 11.5 Å². The lowest BCUT2D eigenvalue weighted by Gasteiger charge is -2.32. The number of nitrogens with one attached hydrogen (secondary N) is 1. The number of halogens is 1. The summed E-state index contributed by atoms with van der Waals surface area (Å²) < 4.78 is 52.9. The van der Waals surface area contributed by atoms with Gasteiger partial charge in [0, 0.05) is 19.7 Å². The van der Waals surface area contributed by atoms with E-state index < -0.39 is 40.2 Å². The average molecular weight is 558 g/mol. The van der Waals surface area contributed by atoms with Crippen LogP contribution in [-0.2, 0) is 26.2 Å². The number of sulfonamides is 1. The van der Waals surface area contributed by atoms with Gasteiger partial charge in [-0.1, -0.05) is 29.8 Å². The number of nitrogens with zero attached hydrogens (tertiary/aromatic N) is 2. The van der Waals surface area contributed by atoms with Crippen LogP contribution < -0.4 is 19.1 Å². The fourth-order valence-electron chi connectivity index (χ4n) is 4.04. The molecule has 0 radical (unpaired) electrons. The molecule has 39 heavy (non-hydrogen) atoms. The first kappa shape index (κ1) is 29.4. The summed E-state index contributed by atoms with van der Waals surface area (Å²) in [4.78, 5) is 27.5. The molecule has 3 aromatic carbocycles. The fourth-order valence-corrected chi connectivity index (χ4v) is 5.47. The van der Waals surface area contributed by atoms with E-state index in [1.54, 1.807) is 6.92 Å². The number of hydrogen-bond donors (Lipinski definition) is 1. The van der Waals surface area contributed by atoms with Crippen molar-refractivity contribution < 1.29 is 31.9 Å². The minimum Gasteiger partial charge on any atom is -0.493 e. The monoisotopic (exact) mass is 557 g/mol. The van der Waals surface area contributed by atoms with Crippen molar-refractivity contribution in [3.8, 4) is 11.5 Å². The number of likely N-dealkylation sites (N-methyl/N-ethyl adjacent to an activating group) is 1. The number of carbonyl (C=O) groups is 2. The van der Waals surface area contributed by atoms with Gasteiger partial charge in [-0.2, -0.15) is 0 Å². The minimum absolute atomic E-state index is 0.0719. The van der Waals surface area contributed by atoms with Crippen molar-refractivity contribution >= 4 is 27.5 Å². The van der Waals surface area contributed by atoms with E-state index in [1.807, 2.05) is 31.2 Å². The van der Waals surface area contributed by atoms with Gasteiger partial charge in [-0.15, -0.1) is 0 Å². The van der Waals surface area contributed by atoms with Gasteiger partial charge < -0.3 is 19.7 Å². The van der Waals surface area contributed by atoms with Gasteiger partial charge in [0.25, 0.3) is 10.0 Å². The molecule has 0 aliphatic rings. The summed E-state index contributed by atoms with van der Waals surface area (Å²) >= 11 is 0. The van der Waals surface area contributed by atoms with Gasteiger partial charge in [0.05, 0.1) is 24.8 Å². The summed E-state index contributed by atoms with van der Waals surface area (Å²) in [6.45, 7) is 2.90. The summed E-state index contributed by atoms with van der Waals surface area (Å²) in [5.74, 6) is -1.10. The van der Waals surface area contributed by atoms with Gasteiger partial charge in [0.1, 0.15) is 18.4 Å². The van der Waals surface area contributed by atoms with Crippen LogP contribution in [0, 0.1) is 12.7 Å². The topological polar surface area (TPSA) is 105 Å². The van der Waals surface area contributed by atoms with Crippen molar-refractivity contribution in [2.24, 2.45) is 0 Å². The molecule has 0 aromatic heterocycles. The molecule has 0 saturated heterocycles. The standard InChI is InChI=1S/C28H32FN3O6S/c1-19-7-6-8-21(15-19)17-31(20(2)28(34)30-3)27(33)18-32(23-11-9-22(29)10-12-23)39(35,36)24-13-14-25(37-4)26(16-24)38-5/h6-16,20H,17-18H2,1-5H3,(H,30,34). The van der Waals surface area contributed by atoms with E-state index in [2.05, 4.69) is 5.32 Å². The van der Waals surface area contributed by atoms with Gasteiger partial charge >= 0.3 is 0 Å². The maximum Gasteiger partial charge on any atom is 0.264 e. The molecule has 2 amide bonds. The van der Waals surface area contributed by atoms with Crippen molar-refractivity contribution in [1.82, 2.24) is 10.2 Å². The van der Waals surface area contributed by atoms with E-state index in [4.69, 9.17) is 9.47 Å². The van der Waals surface area contributed by atoms with Crippen molar-refractivity contribution in [3.05, 3.63) is 83.7 Å². The first-order chi connectivity index (χ1) is 18.5. The largest absolute Gasteiger partial charge is 0.493 e. The second-order valence-corrected chi connectivity index (χ2v) is 10.7. The zero-order valence-electron chi connectivity index (χ0n) is 22.5. The molecule has 1 N–H and O–H groups in total. The van der Waals surface area contributed by atoms with E-state index in [9.17, 15) is 22.4 Å². The predicted octanol–water partition coefficient (Wildman–Crippen LogP) is 3.51. The van der Waals surface area contributed by atoms with Crippen LogP contribution in [0.5, 0.6) is 11.5 Å². The minimum atomic E-state index is -4.36. The summed E-state index contributed by atoms with van der Waals surface area (Å²) in [6, 6.07) is 15.4. The number of methoxy groups -OCH3 is 2. The molecule has 0 aliphatic carbocycles. The molecule has 0 saturated carbocycles. The predicted molar refractivity (Wildman–Crippen MR) is 146 cm³/mol. The van der Waals surface area contributed by atoms with Crippen LogP contribution in [0.15, 0.2) is 71.6 Å². The molecule has 11 heteroatoms. The average Bonchev–Trinajstić information content (AvgIpc) is 2.93. The van der Waals surface area contributed by atoms with Crippen LogP contribution >= 0.6 is 0 Å². The van der Waals surface area contributed by atoms with Crippen molar-refractivity contribution in [2.75, 3.05) is 32.1 Å². The van der Waals surface area contributed by atoms with Crippen molar-refractivity contribution in [3.63, 3.8) is 0 Å². The highest BCUT2D eigenvalue weighted by Gasteiger charge is 2.33. The summed E-state index contributed by atoms with van der Waals surface area (Å²) in [5.41, 5.74) is 1.81. The van der Waals surface area contributed by atoms with E-state index >= 15 is 0 Å². The molecule has 1 atom stereocenters. The Morgan fingerprint density at radius 2 is 1.64 bits per heavy atom. The molecule has 3 rings (SSSR count). The Kier molecular flexibility index (Phi) is 9.52. The van der Waals surface area contributed by atoms with E-state index in [0.717, 1.165) is 27.6 Å². The fraction of sp³-hybridized carbons (Fsp3) is 0.286. The third-order valence-electron chi connectivity index (χ3n) is 6.19. The Bertz CT molecular complexity index is 1430. The molecule has 9 nitrogen and oxygen atoms in total. The number of aryl methyl sites for hydroxylation is 1. The van der Waals surface area contributed by atoms with Crippen LogP contribution in [0.4, 0.5) is 10.1 Å². The van der Waals surface area contributed by atoms with E-state index in [-0.39, 0.29) is 22.9 Å². The van der Waals surface area contributed by atoms with Crippen LogP contribution in [0.3, 0.4) is 0 Å². The van der Waals surface area contributed by atoms with Gasteiger partial charge in [-0.25, -0.2) is 12.8 Å². The number of anilines is 1. The third kappa shape index (κ3) is 6.85. The normalized spacial score (nSPS) is 11.8. The smallest absolute Gasteiger partial charge is 0.264 e. The Morgan fingerprint density at radius 1 is 0.974 bits per heavy atom. The van der Waals surface area contributed by atoms with Crippen LogP contribution in [0.25, 0.3) is 0 Å². The van der Waals surface area contributed by atoms with Gasteiger partial charge in [-0.05, 0) is 55.8 Å². The number of hydrogen-bond acceptors (Lipinski definition) is 6. The molecule has 0 spiro atoms. The Hall–Kier alpha value is -4.12. The maximum atomic E-state index is 13.9.